The topological polar surface area (TPSA) is 29.5 Å². The lowest BCUT2D eigenvalue weighted by Crippen LogP contribution is -2.34. The predicted octanol–water partition coefficient (Wildman–Crippen LogP) is 1.43. The Kier molecular flexibility index (Phi) is 1.85. The molecule has 3 aliphatic rings. The lowest BCUT2D eigenvalue weighted by molar-refractivity contribution is 0.0395. The van der Waals surface area contributed by atoms with E-state index in [1.54, 1.807) is 0 Å². The Labute approximate surface area is 83.6 Å². The third kappa shape index (κ3) is 1.11. The molecular formula is C12H14O2. The van der Waals surface area contributed by atoms with E-state index in [-0.39, 0.29) is 24.2 Å². The minimum atomic E-state index is -0.240. The smallest absolute Gasteiger partial charge is 0.0834 e. The van der Waals surface area contributed by atoms with Crippen molar-refractivity contribution in [2.75, 3.05) is 0 Å². The zero-order chi connectivity index (χ0) is 9.54. The molecule has 1 saturated heterocycles. The lowest BCUT2D eigenvalue weighted by atomic mass is 9.78. The highest BCUT2D eigenvalue weighted by Crippen LogP contribution is 2.41. The van der Waals surface area contributed by atoms with Gasteiger partial charge in [-0.2, -0.15) is 0 Å². The Balaban J connectivity index is 1.93. The van der Waals surface area contributed by atoms with E-state index in [0.29, 0.717) is 5.92 Å². The molecule has 74 valence electrons. The molecule has 0 spiro atoms. The molecule has 1 heterocycles. The fourth-order valence-corrected chi connectivity index (χ4v) is 2.74. The van der Waals surface area contributed by atoms with Crippen LogP contribution in [-0.2, 0) is 4.74 Å². The quantitative estimate of drug-likeness (QED) is 0.585. The number of allylic oxidation sites excluding steroid dienone is 2. The van der Waals surface area contributed by atoms with Gasteiger partial charge in [0, 0.05) is 11.8 Å². The van der Waals surface area contributed by atoms with E-state index in [4.69, 9.17) is 4.74 Å². The van der Waals surface area contributed by atoms with Gasteiger partial charge in [0.15, 0.2) is 0 Å². The maximum absolute atomic E-state index is 9.93. The zero-order valence-corrected chi connectivity index (χ0v) is 7.91. The van der Waals surface area contributed by atoms with Gasteiger partial charge in [0.05, 0.1) is 18.3 Å². The molecule has 0 radical (unpaired) electrons. The van der Waals surface area contributed by atoms with Gasteiger partial charge in [-0.15, -0.1) is 0 Å². The van der Waals surface area contributed by atoms with E-state index in [1.807, 2.05) is 12.2 Å². The van der Waals surface area contributed by atoms with E-state index >= 15 is 0 Å². The van der Waals surface area contributed by atoms with Crippen molar-refractivity contribution in [2.24, 2.45) is 11.8 Å². The van der Waals surface area contributed by atoms with Crippen LogP contribution in [-0.4, -0.2) is 23.4 Å². The Bertz CT molecular complexity index is 316. The van der Waals surface area contributed by atoms with Crippen LogP contribution in [0.25, 0.3) is 0 Å². The van der Waals surface area contributed by atoms with Crippen LogP contribution in [0.5, 0.6) is 0 Å². The Hall–Kier alpha value is -0.860. The number of aliphatic hydroxyl groups excluding tert-OH is 1. The van der Waals surface area contributed by atoms with Crippen LogP contribution in [0.3, 0.4) is 0 Å². The largest absolute Gasteiger partial charge is 0.392 e. The molecule has 1 aliphatic heterocycles. The summed E-state index contributed by atoms with van der Waals surface area (Å²) in [5.41, 5.74) is 0. The van der Waals surface area contributed by atoms with Crippen LogP contribution in [0, 0.1) is 11.8 Å². The molecule has 3 rings (SSSR count). The number of hydrogen-bond donors (Lipinski definition) is 1. The Morgan fingerprint density at radius 2 is 1.93 bits per heavy atom. The van der Waals surface area contributed by atoms with Gasteiger partial charge in [0.1, 0.15) is 0 Å². The summed E-state index contributed by atoms with van der Waals surface area (Å²) in [6.07, 6.45) is 13.3. The van der Waals surface area contributed by atoms with Crippen LogP contribution in [0.2, 0.25) is 0 Å². The summed E-state index contributed by atoms with van der Waals surface area (Å²) in [6, 6.07) is 0. The average Bonchev–Trinajstić information content (AvgIpc) is 2.57. The number of hydrogen-bond acceptors (Lipinski definition) is 2. The third-order valence-corrected chi connectivity index (χ3v) is 3.41. The maximum Gasteiger partial charge on any atom is 0.0834 e. The molecule has 0 aromatic carbocycles. The van der Waals surface area contributed by atoms with Crippen molar-refractivity contribution in [2.45, 2.75) is 24.7 Å². The van der Waals surface area contributed by atoms with Gasteiger partial charge in [-0.3, -0.25) is 0 Å². The Morgan fingerprint density at radius 3 is 2.86 bits per heavy atom. The molecular weight excluding hydrogens is 176 g/mol. The molecule has 2 nitrogen and oxygen atoms in total. The first-order valence-electron chi connectivity index (χ1n) is 5.21. The van der Waals surface area contributed by atoms with Gasteiger partial charge >= 0.3 is 0 Å². The average molecular weight is 190 g/mol. The van der Waals surface area contributed by atoms with Crippen LogP contribution in [0.15, 0.2) is 36.5 Å². The number of aliphatic hydroxyl groups is 1. The van der Waals surface area contributed by atoms with Crippen molar-refractivity contribution < 1.29 is 9.84 Å². The lowest BCUT2D eigenvalue weighted by Gasteiger charge is -2.28. The predicted molar refractivity (Wildman–Crippen MR) is 53.7 cm³/mol. The van der Waals surface area contributed by atoms with Crippen molar-refractivity contribution in [1.29, 1.82) is 0 Å². The van der Waals surface area contributed by atoms with E-state index in [2.05, 4.69) is 24.3 Å². The highest BCUT2D eigenvalue weighted by molar-refractivity contribution is 5.23. The molecule has 2 aliphatic carbocycles. The normalized spacial score (nSPS) is 49.1. The van der Waals surface area contributed by atoms with Crippen LogP contribution < -0.4 is 0 Å². The van der Waals surface area contributed by atoms with Crippen molar-refractivity contribution in [3.8, 4) is 0 Å². The van der Waals surface area contributed by atoms with Crippen molar-refractivity contribution in [3.05, 3.63) is 36.5 Å². The number of ether oxygens (including phenoxy) is 1. The minimum Gasteiger partial charge on any atom is -0.392 e. The molecule has 0 saturated carbocycles. The fourth-order valence-electron chi connectivity index (χ4n) is 2.74. The van der Waals surface area contributed by atoms with E-state index in [9.17, 15) is 5.11 Å². The summed E-state index contributed by atoms with van der Waals surface area (Å²) in [5.74, 6) is 0.621. The fraction of sp³-hybridized carbons (Fsp3) is 0.500. The molecule has 0 aromatic heterocycles. The monoisotopic (exact) mass is 190 g/mol. The first-order chi connectivity index (χ1) is 6.86. The minimum absolute atomic E-state index is 0.112. The third-order valence-electron chi connectivity index (χ3n) is 3.41. The van der Waals surface area contributed by atoms with Crippen LogP contribution in [0.1, 0.15) is 6.42 Å². The van der Waals surface area contributed by atoms with Gasteiger partial charge in [0.25, 0.3) is 0 Å². The van der Waals surface area contributed by atoms with Crippen molar-refractivity contribution in [3.63, 3.8) is 0 Å². The summed E-state index contributed by atoms with van der Waals surface area (Å²) in [4.78, 5) is 0. The second kappa shape index (κ2) is 3.07. The summed E-state index contributed by atoms with van der Waals surface area (Å²) in [7, 11) is 0. The molecule has 2 heteroatoms. The molecule has 0 aromatic rings. The van der Waals surface area contributed by atoms with Crippen LogP contribution in [0.4, 0.5) is 0 Å². The summed E-state index contributed by atoms with van der Waals surface area (Å²) in [6.45, 7) is 0. The summed E-state index contributed by atoms with van der Waals surface area (Å²) in [5, 5.41) is 9.93. The summed E-state index contributed by atoms with van der Waals surface area (Å²) < 4.78 is 5.85. The molecule has 1 fully saturated rings. The van der Waals surface area contributed by atoms with Crippen molar-refractivity contribution >= 4 is 0 Å². The molecule has 5 unspecified atom stereocenters. The van der Waals surface area contributed by atoms with Gasteiger partial charge in [-0.25, -0.2) is 0 Å². The molecule has 5 atom stereocenters. The standard InChI is InChI=1S/C12H14O2/c13-9-5-3-7-11-12(9)8-4-1-2-6-10(8)14-11/h1-4,6-13H,5H2. The van der Waals surface area contributed by atoms with Gasteiger partial charge in [-0.05, 0) is 6.42 Å². The van der Waals surface area contributed by atoms with Crippen molar-refractivity contribution in [1.82, 2.24) is 0 Å². The maximum atomic E-state index is 9.93. The first kappa shape index (κ1) is 8.45. The highest BCUT2D eigenvalue weighted by Gasteiger charge is 2.45. The van der Waals surface area contributed by atoms with E-state index in [0.717, 1.165) is 6.42 Å². The summed E-state index contributed by atoms with van der Waals surface area (Å²) >= 11 is 0. The van der Waals surface area contributed by atoms with Gasteiger partial charge in [-0.1, -0.05) is 36.5 Å². The zero-order valence-electron chi connectivity index (χ0n) is 7.91. The Morgan fingerprint density at radius 1 is 1.07 bits per heavy atom. The van der Waals surface area contributed by atoms with Gasteiger partial charge in [0.2, 0.25) is 0 Å². The van der Waals surface area contributed by atoms with E-state index in [1.165, 1.54) is 0 Å². The second-order valence-electron chi connectivity index (χ2n) is 4.22. The van der Waals surface area contributed by atoms with Gasteiger partial charge < -0.3 is 9.84 Å². The van der Waals surface area contributed by atoms with Crippen LogP contribution >= 0.6 is 0 Å². The van der Waals surface area contributed by atoms with E-state index < -0.39 is 0 Å². The first-order valence-corrected chi connectivity index (χ1v) is 5.21. The molecule has 0 bridgehead atoms. The highest BCUT2D eigenvalue weighted by atomic mass is 16.5. The number of rotatable bonds is 0. The molecule has 0 amide bonds. The second-order valence-corrected chi connectivity index (χ2v) is 4.22. The SMILES string of the molecule is OC1CC=CC2OC3C=CC=CC3C12. The number of fused-ring (bicyclic) bond motifs is 3. The molecule has 1 N–H and O–H groups in total. The molecule has 14 heavy (non-hydrogen) atoms.